The minimum absolute atomic E-state index is 1.30. The van der Waals surface area contributed by atoms with Crippen molar-refractivity contribution in [1.82, 2.24) is 0 Å². The van der Waals surface area contributed by atoms with Gasteiger partial charge in [0.15, 0.2) is 0 Å². The van der Waals surface area contributed by atoms with E-state index in [-0.39, 0.29) is 0 Å². The lowest BCUT2D eigenvalue weighted by molar-refractivity contribution is 1.41. The second-order valence-corrected chi connectivity index (χ2v) is 3.37. The summed E-state index contributed by atoms with van der Waals surface area (Å²) in [5, 5.41) is 0. The second-order valence-electron chi connectivity index (χ2n) is 3.37. The minimum Gasteiger partial charge on any atom is -0.120 e. The van der Waals surface area contributed by atoms with Crippen LogP contribution in [0.4, 0.5) is 0 Å². The predicted octanol–water partition coefficient (Wildman–Crippen LogP) is 3.49. The molecule has 1 aromatic carbocycles. The third kappa shape index (κ3) is 1.37. The highest BCUT2D eigenvalue weighted by Crippen LogP contribution is 2.26. The van der Waals surface area contributed by atoms with Gasteiger partial charge in [0, 0.05) is 0 Å². The third-order valence-electron chi connectivity index (χ3n) is 2.39. The van der Waals surface area contributed by atoms with Crippen LogP contribution in [0.25, 0.3) is 5.57 Å². The van der Waals surface area contributed by atoms with Crippen LogP contribution in [0.1, 0.15) is 18.1 Å². The maximum absolute atomic E-state index is 3.12. The van der Waals surface area contributed by atoms with Crippen LogP contribution < -0.4 is 0 Å². The maximum atomic E-state index is 3.12. The largest absolute Gasteiger partial charge is 0.120 e. The summed E-state index contributed by atoms with van der Waals surface area (Å²) < 4.78 is 0. The number of rotatable bonds is 1. The van der Waals surface area contributed by atoms with Crippen molar-refractivity contribution in [3.8, 4) is 0 Å². The minimum atomic E-state index is 1.30. The Balaban J connectivity index is 2.54. The average molecular weight is 168 g/mol. The molecule has 0 aromatic heterocycles. The third-order valence-corrected chi connectivity index (χ3v) is 2.39. The second kappa shape index (κ2) is 3.08. The molecule has 0 spiro atoms. The molecular formula is C13H12. The Labute approximate surface area is 78.9 Å². The van der Waals surface area contributed by atoms with Crippen molar-refractivity contribution in [3.05, 3.63) is 58.8 Å². The quantitative estimate of drug-likeness (QED) is 0.563. The zero-order valence-electron chi connectivity index (χ0n) is 7.96. The molecule has 13 heavy (non-hydrogen) atoms. The molecule has 64 valence electrons. The van der Waals surface area contributed by atoms with Gasteiger partial charge in [-0.05, 0) is 48.3 Å². The number of aryl methyl sites for hydroxylation is 1. The fourth-order valence-electron chi connectivity index (χ4n) is 1.61. The van der Waals surface area contributed by atoms with E-state index in [0.717, 1.165) is 0 Å². The summed E-state index contributed by atoms with van der Waals surface area (Å²) in [4.78, 5) is 0. The maximum Gasteiger partial charge on any atom is -0.00687 e. The van der Waals surface area contributed by atoms with E-state index < -0.39 is 0 Å². The fourth-order valence-corrected chi connectivity index (χ4v) is 1.61. The zero-order chi connectivity index (χ0) is 9.26. The lowest BCUT2D eigenvalue weighted by atomic mass is 9.99. The molecule has 1 aliphatic carbocycles. The van der Waals surface area contributed by atoms with Gasteiger partial charge in [0.2, 0.25) is 0 Å². The van der Waals surface area contributed by atoms with Crippen LogP contribution in [0.3, 0.4) is 0 Å². The molecule has 0 radical (unpaired) electrons. The molecule has 0 fully saturated rings. The molecule has 0 saturated carbocycles. The van der Waals surface area contributed by atoms with Gasteiger partial charge in [-0.2, -0.15) is 0 Å². The van der Waals surface area contributed by atoms with E-state index in [1.165, 1.54) is 22.3 Å². The van der Waals surface area contributed by atoms with E-state index in [4.69, 9.17) is 0 Å². The Bertz CT molecular complexity index is 427. The SMILES string of the molecule is CC1=C(c2ccccc2C)C=C=C1. The molecule has 2 rings (SSSR count). The highest BCUT2D eigenvalue weighted by Gasteiger charge is 2.05. The van der Waals surface area contributed by atoms with Crippen molar-refractivity contribution >= 4 is 5.57 Å². The van der Waals surface area contributed by atoms with Crippen molar-refractivity contribution in [3.63, 3.8) is 0 Å². The Morgan fingerprint density at radius 3 is 2.38 bits per heavy atom. The Morgan fingerprint density at radius 1 is 1.00 bits per heavy atom. The van der Waals surface area contributed by atoms with E-state index in [2.05, 4.69) is 49.9 Å². The smallest absolute Gasteiger partial charge is 0.00687 e. The van der Waals surface area contributed by atoms with Crippen LogP contribution in [0.2, 0.25) is 0 Å². The molecule has 0 unspecified atom stereocenters. The Morgan fingerprint density at radius 2 is 1.77 bits per heavy atom. The molecule has 0 atom stereocenters. The summed E-state index contributed by atoms with van der Waals surface area (Å²) in [6.45, 7) is 4.26. The van der Waals surface area contributed by atoms with E-state index in [9.17, 15) is 0 Å². The van der Waals surface area contributed by atoms with Crippen molar-refractivity contribution in [2.45, 2.75) is 13.8 Å². The van der Waals surface area contributed by atoms with E-state index in [1.807, 2.05) is 6.08 Å². The lowest BCUT2D eigenvalue weighted by Gasteiger charge is -2.05. The molecule has 0 aliphatic heterocycles. The van der Waals surface area contributed by atoms with Crippen molar-refractivity contribution in [2.75, 3.05) is 0 Å². The first kappa shape index (κ1) is 8.10. The molecule has 0 bridgehead atoms. The van der Waals surface area contributed by atoms with Crippen LogP contribution >= 0.6 is 0 Å². The summed E-state index contributed by atoms with van der Waals surface area (Å²) >= 11 is 0. The Hall–Kier alpha value is -1.52. The molecule has 0 saturated heterocycles. The highest BCUT2D eigenvalue weighted by molar-refractivity contribution is 5.81. The lowest BCUT2D eigenvalue weighted by Crippen LogP contribution is -1.86. The molecular weight excluding hydrogens is 156 g/mol. The zero-order valence-corrected chi connectivity index (χ0v) is 7.96. The van der Waals surface area contributed by atoms with Crippen LogP contribution in [-0.4, -0.2) is 0 Å². The van der Waals surface area contributed by atoms with Gasteiger partial charge < -0.3 is 0 Å². The van der Waals surface area contributed by atoms with Crippen LogP contribution in [-0.2, 0) is 0 Å². The van der Waals surface area contributed by atoms with Gasteiger partial charge in [0.05, 0.1) is 0 Å². The van der Waals surface area contributed by atoms with Crippen LogP contribution in [0.5, 0.6) is 0 Å². The van der Waals surface area contributed by atoms with Gasteiger partial charge in [-0.1, -0.05) is 24.3 Å². The van der Waals surface area contributed by atoms with Gasteiger partial charge in [-0.3, -0.25) is 0 Å². The monoisotopic (exact) mass is 168 g/mol. The first-order valence-corrected chi connectivity index (χ1v) is 4.48. The van der Waals surface area contributed by atoms with Crippen LogP contribution in [0.15, 0.2) is 47.7 Å². The summed E-state index contributed by atoms with van der Waals surface area (Å²) in [7, 11) is 0. The average Bonchev–Trinajstić information content (AvgIpc) is 2.52. The molecule has 0 N–H and O–H groups in total. The number of benzene rings is 1. The summed E-state index contributed by atoms with van der Waals surface area (Å²) in [5.74, 6) is 0. The van der Waals surface area contributed by atoms with Gasteiger partial charge >= 0.3 is 0 Å². The molecule has 0 heteroatoms. The highest BCUT2D eigenvalue weighted by atomic mass is 14.1. The van der Waals surface area contributed by atoms with Crippen LogP contribution in [0, 0.1) is 6.92 Å². The van der Waals surface area contributed by atoms with Gasteiger partial charge in [-0.25, -0.2) is 0 Å². The number of allylic oxidation sites excluding steroid dienone is 3. The molecule has 1 aliphatic rings. The molecule has 0 nitrogen and oxygen atoms in total. The standard InChI is InChI=1S/C13H12/c1-10-6-3-4-8-12(10)13-9-5-7-11(13)2/h3-4,6-9H,1-2H3. The number of hydrogen-bond donors (Lipinski definition) is 0. The Kier molecular flexibility index (Phi) is 1.92. The normalized spacial score (nSPS) is 14.3. The van der Waals surface area contributed by atoms with E-state index in [1.54, 1.807) is 0 Å². The summed E-state index contributed by atoms with van der Waals surface area (Å²) in [6, 6.07) is 8.45. The van der Waals surface area contributed by atoms with Crippen molar-refractivity contribution in [2.24, 2.45) is 0 Å². The van der Waals surface area contributed by atoms with Gasteiger partial charge in [0.1, 0.15) is 0 Å². The predicted molar refractivity (Wildman–Crippen MR) is 56.4 cm³/mol. The van der Waals surface area contributed by atoms with Crippen molar-refractivity contribution < 1.29 is 0 Å². The summed E-state index contributed by atoms with van der Waals surface area (Å²) in [5.41, 5.74) is 8.37. The summed E-state index contributed by atoms with van der Waals surface area (Å²) in [6.07, 6.45) is 4.08. The van der Waals surface area contributed by atoms with E-state index >= 15 is 0 Å². The van der Waals surface area contributed by atoms with Gasteiger partial charge in [0.25, 0.3) is 0 Å². The topological polar surface area (TPSA) is 0 Å². The molecule has 1 aromatic rings. The first-order valence-electron chi connectivity index (χ1n) is 4.48. The fraction of sp³-hybridized carbons (Fsp3) is 0.154. The first-order chi connectivity index (χ1) is 6.29. The van der Waals surface area contributed by atoms with Crippen molar-refractivity contribution in [1.29, 1.82) is 0 Å². The van der Waals surface area contributed by atoms with E-state index in [0.29, 0.717) is 0 Å². The van der Waals surface area contributed by atoms with Gasteiger partial charge in [-0.15, -0.1) is 5.73 Å². The molecule has 0 heterocycles. The molecule has 0 amide bonds. The number of hydrogen-bond acceptors (Lipinski definition) is 0.